The van der Waals surface area contributed by atoms with Crippen LogP contribution in [0.25, 0.3) is 5.69 Å². The Hall–Kier alpha value is -3.81. The number of methoxy groups -OCH3 is 1. The Labute approximate surface area is 205 Å². The van der Waals surface area contributed by atoms with E-state index in [-0.39, 0.29) is 17.9 Å². The fraction of sp³-hybridized carbons (Fsp3) is 0.370. The first kappa shape index (κ1) is 24.3. The Balaban J connectivity index is 1.44. The highest BCUT2D eigenvalue weighted by molar-refractivity contribution is 5.94. The second kappa shape index (κ2) is 10.6. The Morgan fingerprint density at radius 1 is 1.09 bits per heavy atom. The van der Waals surface area contributed by atoms with Crippen LogP contribution in [-0.2, 0) is 16.0 Å². The average molecular weight is 478 g/mol. The highest BCUT2D eigenvalue weighted by Gasteiger charge is 2.17. The maximum atomic E-state index is 12.9. The lowest BCUT2D eigenvalue weighted by atomic mass is 10.1. The summed E-state index contributed by atoms with van der Waals surface area (Å²) in [5.41, 5.74) is 5.22. The van der Waals surface area contributed by atoms with Gasteiger partial charge >= 0.3 is 5.97 Å². The van der Waals surface area contributed by atoms with E-state index in [2.05, 4.69) is 10.4 Å². The molecule has 1 aliphatic heterocycles. The van der Waals surface area contributed by atoms with E-state index in [0.29, 0.717) is 37.4 Å². The summed E-state index contributed by atoms with van der Waals surface area (Å²) in [7, 11) is 1.39. The maximum absolute atomic E-state index is 12.9. The normalized spacial score (nSPS) is 13.6. The Morgan fingerprint density at radius 3 is 2.51 bits per heavy atom. The predicted molar refractivity (Wildman–Crippen MR) is 131 cm³/mol. The van der Waals surface area contributed by atoms with Crippen LogP contribution in [0.5, 0.6) is 11.5 Å². The number of nitrogens with zero attached hydrogens (tertiary/aromatic N) is 2. The van der Waals surface area contributed by atoms with Gasteiger partial charge in [-0.15, -0.1) is 0 Å². The van der Waals surface area contributed by atoms with Crippen molar-refractivity contribution in [3.63, 3.8) is 0 Å². The smallest absolute Gasteiger partial charge is 0.305 e. The number of fused-ring (bicyclic) bond motifs is 1. The van der Waals surface area contributed by atoms with Gasteiger partial charge in [-0.25, -0.2) is 4.68 Å². The van der Waals surface area contributed by atoms with Gasteiger partial charge in [-0.2, -0.15) is 5.10 Å². The Bertz CT molecular complexity index is 1220. The summed E-state index contributed by atoms with van der Waals surface area (Å²) < 4.78 is 18.0. The lowest BCUT2D eigenvalue weighted by Crippen LogP contribution is -2.26. The molecule has 8 heteroatoms. The topological polar surface area (TPSA) is 91.7 Å². The zero-order chi connectivity index (χ0) is 24.9. The number of aryl methyl sites for hydroxylation is 1. The van der Waals surface area contributed by atoms with E-state index in [1.54, 1.807) is 12.1 Å². The largest absolute Gasteiger partial charge is 0.490 e. The zero-order valence-electron chi connectivity index (χ0n) is 20.6. The van der Waals surface area contributed by atoms with Crippen molar-refractivity contribution >= 4 is 11.9 Å². The molecular weight excluding hydrogens is 446 g/mol. The van der Waals surface area contributed by atoms with Gasteiger partial charge in [-0.05, 0) is 74.7 Å². The van der Waals surface area contributed by atoms with Crippen LogP contribution in [0.2, 0.25) is 0 Å². The Kier molecular flexibility index (Phi) is 7.39. The van der Waals surface area contributed by atoms with Crippen molar-refractivity contribution in [1.82, 2.24) is 15.1 Å². The van der Waals surface area contributed by atoms with Gasteiger partial charge in [-0.1, -0.05) is 6.07 Å². The summed E-state index contributed by atoms with van der Waals surface area (Å²) >= 11 is 0. The number of amides is 1. The summed E-state index contributed by atoms with van der Waals surface area (Å²) in [4.78, 5) is 24.4. The average Bonchev–Trinajstić information content (AvgIpc) is 3.02. The Morgan fingerprint density at radius 2 is 1.80 bits per heavy atom. The molecule has 0 fully saturated rings. The van der Waals surface area contributed by atoms with Gasteiger partial charge in [0.15, 0.2) is 11.5 Å². The summed E-state index contributed by atoms with van der Waals surface area (Å²) in [5, 5.41) is 7.68. The molecule has 3 aromatic rings. The van der Waals surface area contributed by atoms with Gasteiger partial charge in [0.05, 0.1) is 37.7 Å². The number of nitrogens with one attached hydrogen (secondary N) is 1. The lowest BCUT2D eigenvalue weighted by molar-refractivity contribution is -0.140. The zero-order valence-corrected chi connectivity index (χ0v) is 20.6. The number of aromatic nitrogens is 2. The highest BCUT2D eigenvalue weighted by Crippen LogP contribution is 2.32. The third kappa shape index (κ3) is 5.48. The van der Waals surface area contributed by atoms with Crippen LogP contribution in [-0.4, -0.2) is 42.0 Å². The first-order valence-electron chi connectivity index (χ1n) is 11.8. The molecule has 0 bridgehead atoms. The van der Waals surface area contributed by atoms with Crippen LogP contribution in [0, 0.1) is 13.8 Å². The minimum Gasteiger partial charge on any atom is -0.490 e. The minimum atomic E-state index is -0.243. The molecule has 1 unspecified atom stereocenters. The molecule has 4 rings (SSSR count). The summed E-state index contributed by atoms with van der Waals surface area (Å²) in [5.74, 6) is 1.04. The molecule has 8 nitrogen and oxygen atoms in total. The third-order valence-corrected chi connectivity index (χ3v) is 6.24. The summed E-state index contributed by atoms with van der Waals surface area (Å²) in [6, 6.07) is 12.9. The molecule has 1 aliphatic rings. The molecule has 1 N–H and O–H groups in total. The molecule has 0 saturated heterocycles. The second-order valence-corrected chi connectivity index (χ2v) is 8.64. The van der Waals surface area contributed by atoms with Gasteiger partial charge in [0.2, 0.25) is 0 Å². The molecule has 0 radical (unpaired) electrons. The standard InChI is InChI=1S/C27H31N3O5/c1-17(21-8-12-24-25(16-21)35-15-5-14-34-24)28-27(32)20-6-9-22(10-7-20)30-19(3)23(18(2)29-30)11-13-26(31)33-4/h6-10,12,16-17H,5,11,13-15H2,1-4H3,(H,28,32). The van der Waals surface area contributed by atoms with Gasteiger partial charge in [0.1, 0.15) is 0 Å². The SMILES string of the molecule is COC(=O)CCc1c(C)nn(-c2ccc(C(=O)NC(C)c3ccc4c(c3)OCCCO4)cc2)c1C. The van der Waals surface area contributed by atoms with Crippen molar-refractivity contribution < 1.29 is 23.8 Å². The molecule has 184 valence electrons. The molecule has 35 heavy (non-hydrogen) atoms. The molecule has 1 aromatic heterocycles. The van der Waals surface area contributed by atoms with Gasteiger partial charge < -0.3 is 19.5 Å². The molecule has 2 aromatic carbocycles. The number of carbonyl (C=O) groups is 2. The fourth-order valence-corrected chi connectivity index (χ4v) is 4.18. The number of hydrogen-bond acceptors (Lipinski definition) is 6. The van der Waals surface area contributed by atoms with Crippen molar-refractivity contribution in [3.05, 3.63) is 70.5 Å². The monoisotopic (exact) mass is 477 g/mol. The molecular formula is C27H31N3O5. The second-order valence-electron chi connectivity index (χ2n) is 8.64. The van der Waals surface area contributed by atoms with E-state index < -0.39 is 0 Å². The highest BCUT2D eigenvalue weighted by atomic mass is 16.5. The van der Waals surface area contributed by atoms with Crippen molar-refractivity contribution in [2.45, 2.75) is 46.1 Å². The van der Waals surface area contributed by atoms with Crippen LogP contribution in [0.4, 0.5) is 0 Å². The number of rotatable bonds is 7. The molecule has 0 saturated carbocycles. The maximum Gasteiger partial charge on any atom is 0.305 e. The van der Waals surface area contributed by atoms with Crippen LogP contribution >= 0.6 is 0 Å². The lowest BCUT2D eigenvalue weighted by Gasteiger charge is -2.17. The number of carbonyl (C=O) groups excluding carboxylic acids is 2. The van der Waals surface area contributed by atoms with Crippen molar-refractivity contribution in [3.8, 4) is 17.2 Å². The van der Waals surface area contributed by atoms with E-state index in [0.717, 1.165) is 40.4 Å². The number of hydrogen-bond donors (Lipinski definition) is 1. The number of ether oxygens (including phenoxy) is 3. The summed E-state index contributed by atoms with van der Waals surface area (Å²) in [6.45, 7) is 7.10. The van der Waals surface area contributed by atoms with Crippen molar-refractivity contribution in [2.75, 3.05) is 20.3 Å². The quantitative estimate of drug-likeness (QED) is 0.512. The van der Waals surface area contributed by atoms with E-state index in [1.807, 2.05) is 55.8 Å². The fourth-order valence-electron chi connectivity index (χ4n) is 4.18. The van der Waals surface area contributed by atoms with E-state index >= 15 is 0 Å². The van der Waals surface area contributed by atoms with Crippen molar-refractivity contribution in [2.24, 2.45) is 0 Å². The molecule has 1 amide bonds. The number of benzene rings is 2. The molecule has 0 spiro atoms. The van der Waals surface area contributed by atoms with E-state index in [4.69, 9.17) is 14.2 Å². The van der Waals surface area contributed by atoms with Crippen LogP contribution in [0.1, 0.15) is 58.7 Å². The predicted octanol–water partition coefficient (Wildman–Crippen LogP) is 4.25. The van der Waals surface area contributed by atoms with Gasteiger partial charge in [0, 0.05) is 24.1 Å². The third-order valence-electron chi connectivity index (χ3n) is 6.24. The van der Waals surface area contributed by atoms with Crippen LogP contribution in [0.15, 0.2) is 42.5 Å². The van der Waals surface area contributed by atoms with Gasteiger partial charge in [-0.3, -0.25) is 9.59 Å². The van der Waals surface area contributed by atoms with Gasteiger partial charge in [0.25, 0.3) is 5.91 Å². The van der Waals surface area contributed by atoms with Crippen LogP contribution in [0.3, 0.4) is 0 Å². The van der Waals surface area contributed by atoms with E-state index in [1.165, 1.54) is 7.11 Å². The number of esters is 1. The van der Waals surface area contributed by atoms with Crippen LogP contribution < -0.4 is 14.8 Å². The molecule has 1 atom stereocenters. The molecule has 2 heterocycles. The summed E-state index contributed by atoms with van der Waals surface area (Å²) in [6.07, 6.45) is 1.73. The first-order chi connectivity index (χ1) is 16.9. The molecule has 0 aliphatic carbocycles. The minimum absolute atomic E-state index is 0.164. The van der Waals surface area contributed by atoms with E-state index in [9.17, 15) is 9.59 Å². The first-order valence-corrected chi connectivity index (χ1v) is 11.8. The van der Waals surface area contributed by atoms with Crippen molar-refractivity contribution in [1.29, 1.82) is 0 Å².